The van der Waals surface area contributed by atoms with E-state index in [4.69, 9.17) is 0 Å². The highest BCUT2D eigenvalue weighted by Crippen LogP contribution is 2.20. The number of carbonyl (C=O) groups excluding carboxylic acids is 2. The zero-order valence-electron chi connectivity index (χ0n) is 9.93. The Morgan fingerprint density at radius 3 is 2.42 bits per heavy atom. The maximum Gasteiger partial charge on any atom is 0.230 e. The summed E-state index contributed by atoms with van der Waals surface area (Å²) in [6, 6.07) is 4.43. The number of rotatable bonds is 3. The van der Waals surface area contributed by atoms with Crippen molar-refractivity contribution in [2.24, 2.45) is 5.92 Å². The molecular formula is C12H12FNO4S. The van der Waals surface area contributed by atoms with Crippen LogP contribution in [-0.4, -0.2) is 26.0 Å². The van der Waals surface area contributed by atoms with Gasteiger partial charge in [0.15, 0.2) is 9.84 Å². The zero-order chi connectivity index (χ0) is 14.0. The van der Waals surface area contributed by atoms with E-state index in [1.807, 2.05) is 0 Å². The van der Waals surface area contributed by atoms with E-state index in [1.54, 1.807) is 0 Å². The second-order valence-electron chi connectivity index (χ2n) is 4.38. The Balaban J connectivity index is 2.15. The molecule has 5 nitrogen and oxygen atoms in total. The molecule has 19 heavy (non-hydrogen) atoms. The first-order valence-electron chi connectivity index (χ1n) is 5.70. The molecule has 1 atom stereocenters. The van der Waals surface area contributed by atoms with Crippen molar-refractivity contribution in [3.8, 4) is 0 Å². The van der Waals surface area contributed by atoms with Gasteiger partial charge in [-0.3, -0.25) is 14.9 Å². The third kappa shape index (κ3) is 3.17. The van der Waals surface area contributed by atoms with Crippen molar-refractivity contribution >= 4 is 21.7 Å². The van der Waals surface area contributed by atoms with Crippen LogP contribution >= 0.6 is 0 Å². The van der Waals surface area contributed by atoms with Crippen molar-refractivity contribution in [2.45, 2.75) is 17.7 Å². The summed E-state index contributed by atoms with van der Waals surface area (Å²) in [7, 11) is -3.67. The SMILES string of the molecule is O=C1CCC(CS(=O)(=O)c2ccc(F)cc2)C(=O)N1. The van der Waals surface area contributed by atoms with E-state index in [-0.39, 0.29) is 29.4 Å². The van der Waals surface area contributed by atoms with Crippen LogP contribution in [0.25, 0.3) is 0 Å². The molecule has 0 aromatic heterocycles. The Morgan fingerprint density at radius 1 is 1.21 bits per heavy atom. The number of nitrogens with one attached hydrogen (secondary N) is 1. The fourth-order valence-corrected chi connectivity index (χ4v) is 3.49. The molecule has 0 spiro atoms. The van der Waals surface area contributed by atoms with Crippen LogP contribution in [0.5, 0.6) is 0 Å². The topological polar surface area (TPSA) is 80.3 Å². The monoisotopic (exact) mass is 285 g/mol. The predicted octanol–water partition coefficient (Wildman–Crippen LogP) is 0.652. The Labute approximate surface area is 109 Å². The van der Waals surface area contributed by atoms with Crippen LogP contribution in [0.4, 0.5) is 4.39 Å². The molecule has 0 bridgehead atoms. The molecule has 0 saturated carbocycles. The van der Waals surface area contributed by atoms with Crippen molar-refractivity contribution in [3.63, 3.8) is 0 Å². The third-order valence-electron chi connectivity index (χ3n) is 2.95. The van der Waals surface area contributed by atoms with Crippen LogP contribution in [0, 0.1) is 11.7 Å². The summed E-state index contributed by atoms with van der Waals surface area (Å²) in [5.74, 6) is -2.60. The molecule has 0 aliphatic carbocycles. The highest BCUT2D eigenvalue weighted by Gasteiger charge is 2.31. The van der Waals surface area contributed by atoms with Gasteiger partial charge < -0.3 is 0 Å². The zero-order valence-corrected chi connectivity index (χ0v) is 10.7. The van der Waals surface area contributed by atoms with Crippen LogP contribution in [0.1, 0.15) is 12.8 Å². The largest absolute Gasteiger partial charge is 0.296 e. The van der Waals surface area contributed by atoms with E-state index < -0.39 is 27.5 Å². The summed E-state index contributed by atoms with van der Waals surface area (Å²) in [5, 5.41) is 2.11. The Kier molecular flexibility index (Phi) is 3.66. The molecule has 1 unspecified atom stereocenters. The maximum atomic E-state index is 12.7. The number of hydrogen-bond donors (Lipinski definition) is 1. The van der Waals surface area contributed by atoms with Crippen LogP contribution in [0.15, 0.2) is 29.2 Å². The molecule has 1 N–H and O–H groups in total. The standard InChI is InChI=1S/C12H12FNO4S/c13-9-2-4-10(5-3-9)19(17,18)7-8-1-6-11(15)14-12(8)16/h2-5,8H,1,6-7H2,(H,14,15,16). The first kappa shape index (κ1) is 13.7. The smallest absolute Gasteiger partial charge is 0.230 e. The van der Waals surface area contributed by atoms with E-state index in [9.17, 15) is 22.4 Å². The molecule has 1 saturated heterocycles. The summed E-state index contributed by atoms with van der Waals surface area (Å²) in [6.45, 7) is 0. The predicted molar refractivity (Wildman–Crippen MR) is 64.3 cm³/mol. The Hall–Kier alpha value is -1.76. The lowest BCUT2D eigenvalue weighted by Crippen LogP contribution is -2.43. The van der Waals surface area contributed by atoms with Gasteiger partial charge in [0, 0.05) is 6.42 Å². The highest BCUT2D eigenvalue weighted by atomic mass is 32.2. The van der Waals surface area contributed by atoms with Gasteiger partial charge in [0.1, 0.15) is 5.82 Å². The summed E-state index contributed by atoms with van der Waals surface area (Å²) in [6.07, 6.45) is 0.348. The van der Waals surface area contributed by atoms with Gasteiger partial charge >= 0.3 is 0 Å². The number of piperidine rings is 1. The lowest BCUT2D eigenvalue weighted by molar-refractivity contribution is -0.135. The molecule has 1 aromatic carbocycles. The van der Waals surface area contributed by atoms with E-state index >= 15 is 0 Å². The highest BCUT2D eigenvalue weighted by molar-refractivity contribution is 7.91. The van der Waals surface area contributed by atoms with E-state index in [2.05, 4.69) is 5.32 Å². The van der Waals surface area contributed by atoms with Crippen molar-refractivity contribution in [3.05, 3.63) is 30.1 Å². The van der Waals surface area contributed by atoms with Crippen molar-refractivity contribution < 1.29 is 22.4 Å². The normalized spacial score (nSPS) is 20.2. The lowest BCUT2D eigenvalue weighted by Gasteiger charge is -2.20. The molecule has 1 aliphatic heterocycles. The van der Waals surface area contributed by atoms with Gasteiger partial charge in [0.25, 0.3) is 0 Å². The van der Waals surface area contributed by atoms with Crippen LogP contribution in [0.3, 0.4) is 0 Å². The van der Waals surface area contributed by atoms with Gasteiger partial charge in [-0.2, -0.15) is 0 Å². The van der Waals surface area contributed by atoms with Crippen molar-refractivity contribution in [2.75, 3.05) is 5.75 Å². The number of benzene rings is 1. The Bertz CT molecular complexity index is 609. The van der Waals surface area contributed by atoms with Gasteiger partial charge in [-0.1, -0.05) is 0 Å². The number of halogens is 1. The summed E-state index contributed by atoms with van der Waals surface area (Å²) < 4.78 is 36.8. The van der Waals surface area contributed by atoms with Crippen molar-refractivity contribution in [1.82, 2.24) is 5.32 Å². The lowest BCUT2D eigenvalue weighted by atomic mass is 10.0. The molecule has 7 heteroatoms. The number of imide groups is 1. The van der Waals surface area contributed by atoms with E-state index in [1.165, 1.54) is 0 Å². The molecule has 0 radical (unpaired) electrons. The second kappa shape index (κ2) is 5.08. The molecule has 102 valence electrons. The Morgan fingerprint density at radius 2 is 1.84 bits per heavy atom. The number of carbonyl (C=O) groups is 2. The average molecular weight is 285 g/mol. The number of hydrogen-bond acceptors (Lipinski definition) is 4. The first-order valence-corrected chi connectivity index (χ1v) is 7.36. The third-order valence-corrected chi connectivity index (χ3v) is 4.78. The van der Waals surface area contributed by atoms with Gasteiger partial charge in [0.05, 0.1) is 16.6 Å². The van der Waals surface area contributed by atoms with Crippen LogP contribution in [0.2, 0.25) is 0 Å². The minimum atomic E-state index is -3.67. The molecule has 1 aliphatic rings. The minimum absolute atomic E-state index is 0.0291. The van der Waals surface area contributed by atoms with Gasteiger partial charge in [-0.05, 0) is 30.7 Å². The van der Waals surface area contributed by atoms with E-state index in [0.29, 0.717) is 0 Å². The second-order valence-corrected chi connectivity index (χ2v) is 6.42. The average Bonchev–Trinajstić information content (AvgIpc) is 2.33. The molecule has 2 rings (SSSR count). The first-order chi connectivity index (χ1) is 8.88. The summed E-state index contributed by atoms with van der Waals surface area (Å²) in [5.41, 5.74) is 0. The number of sulfone groups is 1. The molecule has 1 heterocycles. The van der Waals surface area contributed by atoms with E-state index in [0.717, 1.165) is 24.3 Å². The van der Waals surface area contributed by atoms with Crippen molar-refractivity contribution in [1.29, 1.82) is 0 Å². The van der Waals surface area contributed by atoms with Gasteiger partial charge in [-0.15, -0.1) is 0 Å². The fourth-order valence-electron chi connectivity index (χ4n) is 1.90. The molecular weight excluding hydrogens is 273 g/mol. The molecule has 1 aromatic rings. The van der Waals surface area contributed by atoms with Gasteiger partial charge in [-0.25, -0.2) is 12.8 Å². The van der Waals surface area contributed by atoms with Crippen LogP contribution in [-0.2, 0) is 19.4 Å². The molecule has 1 fully saturated rings. The van der Waals surface area contributed by atoms with Crippen LogP contribution < -0.4 is 5.32 Å². The molecule has 2 amide bonds. The summed E-state index contributed by atoms with van der Waals surface area (Å²) >= 11 is 0. The maximum absolute atomic E-state index is 12.7. The summed E-state index contributed by atoms with van der Waals surface area (Å²) in [4.78, 5) is 22.5. The fraction of sp³-hybridized carbons (Fsp3) is 0.333. The van der Waals surface area contributed by atoms with Gasteiger partial charge in [0.2, 0.25) is 11.8 Å². The number of amides is 2. The quantitative estimate of drug-likeness (QED) is 0.653. The minimum Gasteiger partial charge on any atom is -0.296 e.